The number of likely N-dealkylation sites (N-methyl/N-ethyl adjacent to an activating group) is 1. The number of quaternary nitrogens is 1. The molecule has 5 rings (SSSR count). The third-order valence-electron chi connectivity index (χ3n) is 7.09. The van der Waals surface area contributed by atoms with Crippen molar-refractivity contribution in [1.82, 2.24) is 14.3 Å². The van der Waals surface area contributed by atoms with Crippen LogP contribution >= 0.6 is 0 Å². The van der Waals surface area contributed by atoms with E-state index in [1.54, 1.807) is 47.3 Å². The molecule has 1 amide bonds. The molecule has 2 N–H and O–H groups in total. The second-order valence-electron chi connectivity index (χ2n) is 9.49. The summed E-state index contributed by atoms with van der Waals surface area (Å²) in [7, 11) is -2.13. The Balaban J connectivity index is 1.47. The van der Waals surface area contributed by atoms with Crippen molar-refractivity contribution in [2.24, 2.45) is 0 Å². The molecule has 0 radical (unpaired) electrons. The highest BCUT2D eigenvalue weighted by molar-refractivity contribution is 7.89. The summed E-state index contributed by atoms with van der Waals surface area (Å²) in [4.78, 5) is 17.2. The number of aromatic amines is 1. The fraction of sp³-hybridized carbons (Fsp3) is 0.259. The van der Waals surface area contributed by atoms with Gasteiger partial charge in [0.2, 0.25) is 10.0 Å². The van der Waals surface area contributed by atoms with E-state index in [9.17, 15) is 18.5 Å². The maximum Gasteiger partial charge on any atom is 0.331 e. The Labute approximate surface area is 210 Å². The maximum atomic E-state index is 14.0. The number of nitriles is 1. The van der Waals surface area contributed by atoms with Gasteiger partial charge in [-0.3, -0.25) is 4.48 Å². The zero-order chi connectivity index (χ0) is 25.3. The Morgan fingerprint density at radius 3 is 2.75 bits per heavy atom. The standard InChI is InChI=1S/C27H28N5O3S/c1-32(17-13-20-6-2-3-7-21(20)19-32)27(33)25(12-16-31-15-5-8-22(31)18-28)30-36(34,35)26-10-4-9-24-23(26)11-14-29-24/h2-11,14-15,25,29-30H,12-13,16-17,19H2,1H3/q+1. The predicted molar refractivity (Wildman–Crippen MR) is 136 cm³/mol. The van der Waals surface area contributed by atoms with Gasteiger partial charge in [0.25, 0.3) is 0 Å². The van der Waals surface area contributed by atoms with Crippen LogP contribution in [-0.2, 0) is 34.3 Å². The van der Waals surface area contributed by atoms with E-state index >= 15 is 0 Å². The van der Waals surface area contributed by atoms with Gasteiger partial charge in [-0.15, -0.1) is 0 Å². The number of nitrogens with one attached hydrogen (secondary N) is 2. The lowest BCUT2D eigenvalue weighted by Crippen LogP contribution is -2.59. The van der Waals surface area contributed by atoms with Gasteiger partial charge in [-0.05, 0) is 42.3 Å². The minimum Gasteiger partial charge on any atom is -0.361 e. The first kappa shape index (κ1) is 24.0. The van der Waals surface area contributed by atoms with Crippen molar-refractivity contribution >= 4 is 26.8 Å². The molecule has 3 heterocycles. The lowest BCUT2D eigenvalue weighted by atomic mass is 9.97. The van der Waals surface area contributed by atoms with E-state index in [4.69, 9.17) is 0 Å². The van der Waals surface area contributed by atoms with E-state index < -0.39 is 16.1 Å². The molecule has 184 valence electrons. The number of fused-ring (bicyclic) bond motifs is 2. The van der Waals surface area contributed by atoms with E-state index in [1.807, 2.05) is 31.3 Å². The number of amides is 1. The van der Waals surface area contributed by atoms with Crippen LogP contribution in [0.3, 0.4) is 0 Å². The molecule has 2 aromatic heterocycles. The smallest absolute Gasteiger partial charge is 0.331 e. The number of carbonyl (C=O) groups is 1. The topological polar surface area (TPSA) is 108 Å². The van der Waals surface area contributed by atoms with Gasteiger partial charge in [0.05, 0.1) is 18.5 Å². The maximum absolute atomic E-state index is 14.0. The molecule has 1 aliphatic heterocycles. The molecule has 2 atom stereocenters. The average Bonchev–Trinajstić information content (AvgIpc) is 3.55. The number of benzene rings is 2. The molecule has 9 heteroatoms. The molecular formula is C27H28N5O3S+. The quantitative estimate of drug-likeness (QED) is 0.378. The van der Waals surface area contributed by atoms with E-state index in [1.165, 1.54) is 5.56 Å². The predicted octanol–water partition coefficient (Wildman–Crippen LogP) is 3.31. The number of hydrogen-bond donors (Lipinski definition) is 2. The first-order chi connectivity index (χ1) is 17.3. The van der Waals surface area contributed by atoms with Gasteiger partial charge in [0.1, 0.15) is 24.3 Å². The van der Waals surface area contributed by atoms with Crippen molar-refractivity contribution in [3.8, 4) is 6.07 Å². The van der Waals surface area contributed by atoms with E-state index in [0.29, 0.717) is 36.2 Å². The molecule has 0 bridgehead atoms. The monoisotopic (exact) mass is 502 g/mol. The van der Waals surface area contributed by atoms with Gasteiger partial charge in [-0.2, -0.15) is 9.98 Å². The Morgan fingerprint density at radius 2 is 1.94 bits per heavy atom. The summed E-state index contributed by atoms with van der Waals surface area (Å²) >= 11 is 0. The van der Waals surface area contributed by atoms with Crippen LogP contribution in [0.25, 0.3) is 10.9 Å². The average molecular weight is 503 g/mol. The van der Waals surface area contributed by atoms with Gasteiger partial charge in [-0.25, -0.2) is 13.2 Å². The Kier molecular flexibility index (Phi) is 6.26. The number of sulfonamides is 1. The molecule has 0 spiro atoms. The van der Waals surface area contributed by atoms with Crippen LogP contribution in [0.5, 0.6) is 0 Å². The Morgan fingerprint density at radius 1 is 1.14 bits per heavy atom. The van der Waals surface area contributed by atoms with Gasteiger partial charge in [-0.1, -0.05) is 30.3 Å². The molecule has 36 heavy (non-hydrogen) atoms. The highest BCUT2D eigenvalue weighted by atomic mass is 32.2. The summed E-state index contributed by atoms with van der Waals surface area (Å²) in [6.45, 7) is 1.43. The van der Waals surface area contributed by atoms with Gasteiger partial charge in [0.15, 0.2) is 0 Å². The van der Waals surface area contributed by atoms with Crippen LogP contribution in [-0.4, -0.2) is 48.0 Å². The summed E-state index contributed by atoms with van der Waals surface area (Å²) in [5.41, 5.74) is 3.51. The summed E-state index contributed by atoms with van der Waals surface area (Å²) in [6, 6.07) is 19.5. The fourth-order valence-electron chi connectivity index (χ4n) is 5.10. The summed E-state index contributed by atoms with van der Waals surface area (Å²) in [5, 5.41) is 9.95. The fourth-order valence-corrected chi connectivity index (χ4v) is 6.54. The van der Waals surface area contributed by atoms with E-state index in [0.717, 1.165) is 12.0 Å². The molecule has 8 nitrogen and oxygen atoms in total. The molecule has 2 aromatic carbocycles. The largest absolute Gasteiger partial charge is 0.361 e. The highest BCUT2D eigenvalue weighted by Gasteiger charge is 2.42. The minimum atomic E-state index is -4.01. The van der Waals surface area contributed by atoms with Crippen molar-refractivity contribution in [3.63, 3.8) is 0 Å². The number of hydrogen-bond acceptors (Lipinski definition) is 4. The zero-order valence-corrected chi connectivity index (χ0v) is 20.8. The van der Waals surface area contributed by atoms with Crippen molar-refractivity contribution in [2.75, 3.05) is 13.6 Å². The van der Waals surface area contributed by atoms with Crippen LogP contribution in [0.1, 0.15) is 23.2 Å². The minimum absolute atomic E-state index is 0.106. The molecule has 1 aliphatic rings. The number of H-pyrrole nitrogens is 1. The van der Waals surface area contributed by atoms with E-state index in [-0.39, 0.29) is 21.7 Å². The molecule has 0 fully saturated rings. The van der Waals surface area contributed by atoms with Crippen LogP contribution in [0.4, 0.5) is 0 Å². The first-order valence-electron chi connectivity index (χ1n) is 11.9. The molecule has 0 saturated heterocycles. The number of aromatic nitrogens is 2. The lowest BCUT2D eigenvalue weighted by molar-refractivity contribution is -0.851. The van der Waals surface area contributed by atoms with Crippen LogP contribution in [0, 0.1) is 11.3 Å². The van der Waals surface area contributed by atoms with Crippen LogP contribution in [0.2, 0.25) is 0 Å². The lowest BCUT2D eigenvalue weighted by Gasteiger charge is -2.38. The zero-order valence-electron chi connectivity index (χ0n) is 20.0. The molecular weight excluding hydrogens is 474 g/mol. The van der Waals surface area contributed by atoms with Crippen LogP contribution < -0.4 is 4.72 Å². The molecule has 0 saturated carbocycles. The van der Waals surface area contributed by atoms with Crippen molar-refractivity contribution in [1.29, 1.82) is 5.26 Å². The summed E-state index contributed by atoms with van der Waals surface area (Å²) in [6.07, 6.45) is 4.43. The molecule has 4 aromatic rings. The van der Waals surface area contributed by atoms with Crippen molar-refractivity contribution in [3.05, 3.63) is 89.9 Å². The van der Waals surface area contributed by atoms with Gasteiger partial charge >= 0.3 is 5.91 Å². The van der Waals surface area contributed by atoms with Gasteiger partial charge < -0.3 is 9.55 Å². The van der Waals surface area contributed by atoms with Crippen LogP contribution in [0.15, 0.2) is 78.0 Å². The summed E-state index contributed by atoms with van der Waals surface area (Å²) < 4.78 is 31.8. The Hall–Kier alpha value is -3.71. The third kappa shape index (κ3) is 4.46. The van der Waals surface area contributed by atoms with Crippen molar-refractivity contribution < 1.29 is 17.7 Å². The molecule has 2 unspecified atom stereocenters. The first-order valence-corrected chi connectivity index (χ1v) is 13.4. The van der Waals surface area contributed by atoms with Crippen molar-refractivity contribution in [2.45, 2.75) is 36.9 Å². The second kappa shape index (κ2) is 9.39. The number of aryl methyl sites for hydroxylation is 1. The second-order valence-corrected chi connectivity index (χ2v) is 11.2. The summed E-state index contributed by atoms with van der Waals surface area (Å²) in [5.74, 6) is -0.181. The third-order valence-corrected chi connectivity index (χ3v) is 8.62. The SMILES string of the molecule is C[N+]1(C(=O)C(CCn2cccc2C#N)NS(=O)(=O)c2cccc3[nH]ccc23)CCc2ccccc2C1. The van der Waals surface area contributed by atoms with E-state index in [2.05, 4.69) is 21.8 Å². The normalized spacial score (nSPS) is 18.4. The molecule has 0 aliphatic carbocycles. The highest BCUT2D eigenvalue weighted by Crippen LogP contribution is 2.27. The van der Waals surface area contributed by atoms with Gasteiger partial charge in [0, 0.05) is 41.8 Å². The number of rotatable bonds is 7. The Bertz CT molecular complexity index is 1580. The number of nitrogens with zero attached hydrogens (tertiary/aromatic N) is 3. The number of carbonyl (C=O) groups excluding carboxylic acids is 1.